The monoisotopic (exact) mass is 308 g/mol. The van der Waals surface area contributed by atoms with E-state index in [1.54, 1.807) is 7.11 Å². The summed E-state index contributed by atoms with van der Waals surface area (Å²) in [5, 5.41) is 0. The van der Waals surface area contributed by atoms with Crippen LogP contribution in [0.1, 0.15) is 39.9 Å². The Labute approximate surface area is 136 Å². The summed E-state index contributed by atoms with van der Waals surface area (Å²) in [5.74, 6) is 0.528. The highest BCUT2D eigenvalue weighted by Gasteiger charge is 2.16. The molecule has 0 saturated heterocycles. The van der Waals surface area contributed by atoms with E-state index in [0.717, 1.165) is 41.7 Å². The Morgan fingerprint density at radius 1 is 1.09 bits per heavy atom. The molecule has 23 heavy (non-hydrogen) atoms. The molecule has 3 heteroatoms. The summed E-state index contributed by atoms with van der Waals surface area (Å²) in [6.07, 6.45) is 5.40. The molecule has 0 aliphatic heterocycles. The topological polar surface area (TPSA) is 35.5 Å². The molecule has 0 heterocycles. The number of esters is 1. The average molecular weight is 308 g/mol. The molecule has 1 aliphatic rings. The van der Waals surface area contributed by atoms with Gasteiger partial charge in [0.25, 0.3) is 0 Å². The predicted octanol–water partition coefficient (Wildman–Crippen LogP) is 4.25. The number of carbonyl (C=O) groups excluding carboxylic acids is 1. The second-order valence-electron chi connectivity index (χ2n) is 5.61. The van der Waals surface area contributed by atoms with Crippen LogP contribution in [0.3, 0.4) is 0 Å². The molecule has 0 aromatic heterocycles. The van der Waals surface area contributed by atoms with Crippen molar-refractivity contribution in [3.8, 4) is 5.75 Å². The number of hydrogen-bond donors (Lipinski definition) is 0. The first kappa shape index (κ1) is 15.3. The lowest BCUT2D eigenvalue weighted by Gasteiger charge is -2.13. The minimum atomic E-state index is -0.304. The number of rotatable bonds is 3. The lowest BCUT2D eigenvalue weighted by molar-refractivity contribution is 0.0600. The van der Waals surface area contributed by atoms with Gasteiger partial charge < -0.3 is 9.47 Å². The van der Waals surface area contributed by atoms with Crippen LogP contribution in [0.25, 0.3) is 5.57 Å². The van der Waals surface area contributed by atoms with Crippen LogP contribution in [0.2, 0.25) is 0 Å². The van der Waals surface area contributed by atoms with E-state index in [0.29, 0.717) is 5.56 Å². The fourth-order valence-electron chi connectivity index (χ4n) is 3.00. The van der Waals surface area contributed by atoms with Crippen molar-refractivity contribution in [1.82, 2.24) is 0 Å². The molecule has 0 N–H and O–H groups in total. The minimum absolute atomic E-state index is 0.304. The van der Waals surface area contributed by atoms with E-state index in [9.17, 15) is 4.79 Å². The summed E-state index contributed by atoms with van der Waals surface area (Å²) in [7, 11) is 3.08. The second-order valence-corrected chi connectivity index (χ2v) is 5.61. The highest BCUT2D eigenvalue weighted by atomic mass is 16.5. The third-order valence-electron chi connectivity index (χ3n) is 4.20. The molecule has 118 valence electrons. The first-order valence-corrected chi connectivity index (χ1v) is 7.79. The molecular formula is C20H20O3. The van der Waals surface area contributed by atoms with Gasteiger partial charge in [-0.3, -0.25) is 0 Å². The van der Waals surface area contributed by atoms with Crippen molar-refractivity contribution in [2.45, 2.75) is 19.3 Å². The standard InChI is InChI=1S/C20H20O3/c1-22-17-8-5-7-15(12-17)18-9-4-3-6-14-10-11-16(13-19(14)18)20(21)23-2/h5,7-13H,3-4,6H2,1-2H3. The summed E-state index contributed by atoms with van der Waals surface area (Å²) in [6.45, 7) is 0. The summed E-state index contributed by atoms with van der Waals surface area (Å²) >= 11 is 0. The average Bonchev–Trinajstić information content (AvgIpc) is 2.82. The Morgan fingerprint density at radius 2 is 1.96 bits per heavy atom. The van der Waals surface area contributed by atoms with Crippen LogP contribution >= 0.6 is 0 Å². The number of allylic oxidation sites excluding steroid dienone is 1. The van der Waals surface area contributed by atoms with E-state index in [1.807, 2.05) is 36.4 Å². The van der Waals surface area contributed by atoms with Gasteiger partial charge in [-0.05, 0) is 65.8 Å². The molecule has 0 fully saturated rings. The summed E-state index contributed by atoms with van der Waals surface area (Å²) < 4.78 is 10.2. The Bertz CT molecular complexity index is 759. The zero-order chi connectivity index (χ0) is 16.2. The van der Waals surface area contributed by atoms with E-state index in [4.69, 9.17) is 9.47 Å². The van der Waals surface area contributed by atoms with Gasteiger partial charge in [0.2, 0.25) is 0 Å². The van der Waals surface area contributed by atoms with Crippen LogP contribution in [0.15, 0.2) is 48.5 Å². The number of benzene rings is 2. The first-order valence-electron chi connectivity index (χ1n) is 7.79. The SMILES string of the molecule is COC(=O)c1ccc2c(c1)C(c1cccc(OC)c1)=CCCC2. The van der Waals surface area contributed by atoms with Crippen LogP contribution in [0.5, 0.6) is 5.75 Å². The van der Waals surface area contributed by atoms with Crippen molar-refractivity contribution >= 4 is 11.5 Å². The molecule has 3 rings (SSSR count). The van der Waals surface area contributed by atoms with Crippen molar-refractivity contribution in [2.24, 2.45) is 0 Å². The van der Waals surface area contributed by atoms with Crippen molar-refractivity contribution in [3.05, 3.63) is 70.8 Å². The van der Waals surface area contributed by atoms with E-state index < -0.39 is 0 Å². The maximum absolute atomic E-state index is 11.9. The molecule has 2 aromatic rings. The Balaban J connectivity index is 2.12. The molecule has 0 radical (unpaired) electrons. The maximum Gasteiger partial charge on any atom is 0.337 e. The number of fused-ring (bicyclic) bond motifs is 1. The smallest absolute Gasteiger partial charge is 0.337 e. The summed E-state index contributed by atoms with van der Waals surface area (Å²) in [5.41, 5.74) is 5.22. The van der Waals surface area contributed by atoms with Crippen molar-refractivity contribution < 1.29 is 14.3 Å². The lowest BCUT2D eigenvalue weighted by atomic mass is 9.92. The zero-order valence-corrected chi connectivity index (χ0v) is 13.5. The predicted molar refractivity (Wildman–Crippen MR) is 90.8 cm³/mol. The van der Waals surface area contributed by atoms with E-state index in [2.05, 4.69) is 12.1 Å². The number of ether oxygens (including phenoxy) is 2. The van der Waals surface area contributed by atoms with Crippen molar-refractivity contribution in [2.75, 3.05) is 14.2 Å². The van der Waals surface area contributed by atoms with Crippen LogP contribution < -0.4 is 4.74 Å². The Kier molecular flexibility index (Phi) is 4.47. The fourth-order valence-corrected chi connectivity index (χ4v) is 3.00. The molecule has 3 nitrogen and oxygen atoms in total. The van der Waals surface area contributed by atoms with E-state index in [1.165, 1.54) is 12.7 Å². The molecule has 0 spiro atoms. The molecule has 0 amide bonds. The summed E-state index contributed by atoms with van der Waals surface area (Å²) in [6, 6.07) is 13.9. The van der Waals surface area contributed by atoms with Gasteiger partial charge >= 0.3 is 5.97 Å². The molecule has 0 atom stereocenters. The van der Waals surface area contributed by atoms with Crippen LogP contribution in [0, 0.1) is 0 Å². The normalized spacial score (nSPS) is 13.6. The van der Waals surface area contributed by atoms with E-state index in [-0.39, 0.29) is 5.97 Å². The van der Waals surface area contributed by atoms with Gasteiger partial charge in [0.05, 0.1) is 19.8 Å². The first-order chi connectivity index (χ1) is 11.2. The lowest BCUT2D eigenvalue weighted by Crippen LogP contribution is -2.03. The van der Waals surface area contributed by atoms with Gasteiger partial charge in [-0.15, -0.1) is 0 Å². The summed E-state index contributed by atoms with van der Waals surface area (Å²) in [4.78, 5) is 11.9. The second kappa shape index (κ2) is 6.69. The van der Waals surface area contributed by atoms with Crippen molar-refractivity contribution in [1.29, 1.82) is 0 Å². The third kappa shape index (κ3) is 3.14. The van der Waals surface area contributed by atoms with Gasteiger partial charge in [0.1, 0.15) is 5.75 Å². The number of hydrogen-bond acceptors (Lipinski definition) is 3. The molecule has 0 saturated carbocycles. The van der Waals surface area contributed by atoms with Crippen LogP contribution in [0.4, 0.5) is 0 Å². The Hall–Kier alpha value is -2.55. The van der Waals surface area contributed by atoms with Gasteiger partial charge in [-0.2, -0.15) is 0 Å². The van der Waals surface area contributed by atoms with Gasteiger partial charge in [0, 0.05) is 0 Å². The van der Waals surface area contributed by atoms with Gasteiger partial charge in [-0.1, -0.05) is 24.3 Å². The number of aryl methyl sites for hydroxylation is 1. The quantitative estimate of drug-likeness (QED) is 0.795. The number of carbonyl (C=O) groups is 1. The number of methoxy groups -OCH3 is 2. The van der Waals surface area contributed by atoms with Gasteiger partial charge in [-0.25, -0.2) is 4.79 Å². The molecular weight excluding hydrogens is 288 g/mol. The molecule has 2 aromatic carbocycles. The minimum Gasteiger partial charge on any atom is -0.497 e. The highest BCUT2D eigenvalue weighted by Crippen LogP contribution is 2.33. The molecule has 1 aliphatic carbocycles. The maximum atomic E-state index is 11.9. The third-order valence-corrected chi connectivity index (χ3v) is 4.20. The van der Waals surface area contributed by atoms with Crippen LogP contribution in [-0.2, 0) is 11.2 Å². The van der Waals surface area contributed by atoms with E-state index >= 15 is 0 Å². The Morgan fingerprint density at radius 3 is 2.74 bits per heavy atom. The van der Waals surface area contributed by atoms with Gasteiger partial charge in [0.15, 0.2) is 0 Å². The largest absolute Gasteiger partial charge is 0.497 e. The zero-order valence-electron chi connectivity index (χ0n) is 13.5. The highest BCUT2D eigenvalue weighted by molar-refractivity contribution is 5.92. The fraction of sp³-hybridized carbons (Fsp3) is 0.250. The van der Waals surface area contributed by atoms with Crippen LogP contribution in [-0.4, -0.2) is 20.2 Å². The molecule has 0 bridgehead atoms. The van der Waals surface area contributed by atoms with Crippen molar-refractivity contribution in [3.63, 3.8) is 0 Å². The molecule has 0 unspecified atom stereocenters.